The van der Waals surface area contributed by atoms with Crippen LogP contribution in [0.2, 0.25) is 0 Å². The minimum atomic E-state index is -0.212. The maximum Gasteiger partial charge on any atom is 0.193 e. The second-order valence-electron chi connectivity index (χ2n) is 6.13. The van der Waals surface area contributed by atoms with Crippen LogP contribution in [0.3, 0.4) is 0 Å². The number of rotatable bonds is 6. The Kier molecular flexibility index (Phi) is 8.85. The van der Waals surface area contributed by atoms with Gasteiger partial charge in [-0.05, 0) is 61.9 Å². The first-order valence-electron chi connectivity index (χ1n) is 8.00. The van der Waals surface area contributed by atoms with Crippen LogP contribution in [0.4, 0.5) is 10.1 Å². The summed E-state index contributed by atoms with van der Waals surface area (Å²) in [6, 6.07) is 12.7. The molecule has 0 radical (unpaired) electrons. The van der Waals surface area contributed by atoms with Gasteiger partial charge < -0.3 is 16.0 Å². The molecule has 0 heterocycles. The third-order valence-electron chi connectivity index (χ3n) is 3.62. The molecule has 0 spiro atoms. The van der Waals surface area contributed by atoms with Gasteiger partial charge in [0.25, 0.3) is 0 Å². The molecule has 0 unspecified atom stereocenters. The molecular formula is C19H26FIN4. The summed E-state index contributed by atoms with van der Waals surface area (Å²) in [7, 11) is 2.01. The third-order valence-corrected chi connectivity index (χ3v) is 3.62. The second kappa shape index (κ2) is 10.4. The highest BCUT2D eigenvalue weighted by Crippen LogP contribution is 2.13. The smallest absolute Gasteiger partial charge is 0.193 e. The summed E-state index contributed by atoms with van der Waals surface area (Å²) in [4.78, 5) is 6.48. The Labute approximate surface area is 166 Å². The monoisotopic (exact) mass is 456 g/mol. The van der Waals surface area contributed by atoms with Crippen molar-refractivity contribution in [3.05, 3.63) is 65.0 Å². The SMILES string of the molecule is Cc1cc(C)cc(NC(N)=NCCN(C)Cc2ccc(F)cc2)c1.I. The Bertz CT molecular complexity index is 681. The maximum atomic E-state index is 12.9. The summed E-state index contributed by atoms with van der Waals surface area (Å²) in [6.07, 6.45) is 0. The number of halogens is 2. The zero-order chi connectivity index (χ0) is 17.5. The molecule has 0 saturated heterocycles. The lowest BCUT2D eigenvalue weighted by molar-refractivity contribution is 0.336. The fourth-order valence-corrected chi connectivity index (χ4v) is 2.56. The summed E-state index contributed by atoms with van der Waals surface area (Å²) >= 11 is 0. The van der Waals surface area contributed by atoms with Gasteiger partial charge in [0.1, 0.15) is 5.82 Å². The fraction of sp³-hybridized carbons (Fsp3) is 0.316. The summed E-state index contributed by atoms with van der Waals surface area (Å²) < 4.78 is 12.9. The molecule has 2 aromatic rings. The standard InChI is InChI=1S/C19H25FN4.HI/c1-14-10-15(2)12-18(11-14)23-19(21)22-8-9-24(3)13-16-4-6-17(20)7-5-16;/h4-7,10-12H,8-9,13H2,1-3H3,(H3,21,22,23);1H. The number of anilines is 1. The van der Waals surface area contributed by atoms with Gasteiger partial charge >= 0.3 is 0 Å². The average molecular weight is 456 g/mol. The van der Waals surface area contributed by atoms with Gasteiger partial charge in [0.2, 0.25) is 0 Å². The van der Waals surface area contributed by atoms with Crippen LogP contribution in [0.25, 0.3) is 0 Å². The number of hydrogen-bond donors (Lipinski definition) is 2. The summed E-state index contributed by atoms with van der Waals surface area (Å²) in [5, 5.41) is 3.12. The van der Waals surface area contributed by atoms with E-state index in [2.05, 4.69) is 35.1 Å². The lowest BCUT2D eigenvalue weighted by Crippen LogP contribution is -2.26. The third kappa shape index (κ3) is 7.83. The number of hydrogen-bond acceptors (Lipinski definition) is 2. The first-order chi connectivity index (χ1) is 11.4. The Morgan fingerprint density at radius 1 is 1.12 bits per heavy atom. The minimum absolute atomic E-state index is 0. The van der Waals surface area contributed by atoms with E-state index >= 15 is 0 Å². The van der Waals surface area contributed by atoms with E-state index in [9.17, 15) is 4.39 Å². The lowest BCUT2D eigenvalue weighted by Gasteiger charge is -2.15. The van der Waals surface area contributed by atoms with Crippen molar-refractivity contribution in [3.8, 4) is 0 Å². The molecular weight excluding hydrogens is 430 g/mol. The number of guanidine groups is 1. The first kappa shape index (κ1) is 21.4. The number of nitrogens with two attached hydrogens (primary N) is 1. The Hall–Kier alpha value is -1.67. The molecule has 0 fully saturated rings. The van der Waals surface area contributed by atoms with Crippen molar-refractivity contribution in [1.82, 2.24) is 4.90 Å². The van der Waals surface area contributed by atoms with Crippen molar-refractivity contribution >= 4 is 35.6 Å². The van der Waals surface area contributed by atoms with E-state index in [1.54, 1.807) is 12.1 Å². The van der Waals surface area contributed by atoms with Gasteiger partial charge in [0.05, 0.1) is 6.54 Å². The number of likely N-dealkylation sites (N-methyl/N-ethyl adjacent to an activating group) is 1. The van der Waals surface area contributed by atoms with Crippen LogP contribution >= 0.6 is 24.0 Å². The van der Waals surface area contributed by atoms with Crippen LogP contribution in [-0.2, 0) is 6.54 Å². The number of nitrogens with zero attached hydrogens (tertiary/aromatic N) is 2. The van der Waals surface area contributed by atoms with Gasteiger partial charge in [-0.15, -0.1) is 24.0 Å². The number of aliphatic imine (C=N–C) groups is 1. The molecule has 0 aliphatic carbocycles. The van der Waals surface area contributed by atoms with Crippen LogP contribution < -0.4 is 11.1 Å². The molecule has 0 amide bonds. The molecule has 0 aliphatic heterocycles. The van der Waals surface area contributed by atoms with Crippen LogP contribution in [0.15, 0.2) is 47.5 Å². The topological polar surface area (TPSA) is 53.6 Å². The summed E-state index contributed by atoms with van der Waals surface area (Å²) in [6.45, 7) is 6.22. The highest BCUT2D eigenvalue weighted by Gasteiger charge is 2.01. The van der Waals surface area contributed by atoms with Gasteiger partial charge in [-0.1, -0.05) is 18.2 Å². The molecule has 0 atom stereocenters. The lowest BCUT2D eigenvalue weighted by atomic mass is 10.1. The normalized spacial score (nSPS) is 11.3. The minimum Gasteiger partial charge on any atom is -0.370 e. The van der Waals surface area contributed by atoms with Crippen LogP contribution in [-0.4, -0.2) is 31.0 Å². The van der Waals surface area contributed by atoms with E-state index in [-0.39, 0.29) is 29.8 Å². The molecule has 0 bridgehead atoms. The molecule has 2 rings (SSSR count). The van der Waals surface area contributed by atoms with Crippen molar-refractivity contribution in [2.24, 2.45) is 10.7 Å². The molecule has 0 aromatic heterocycles. The van der Waals surface area contributed by atoms with Crippen molar-refractivity contribution in [3.63, 3.8) is 0 Å². The van der Waals surface area contributed by atoms with Crippen molar-refractivity contribution < 1.29 is 4.39 Å². The van der Waals surface area contributed by atoms with Crippen molar-refractivity contribution in [2.45, 2.75) is 20.4 Å². The predicted octanol–water partition coefficient (Wildman–Crippen LogP) is 3.92. The molecule has 136 valence electrons. The highest BCUT2D eigenvalue weighted by molar-refractivity contribution is 14.0. The Morgan fingerprint density at radius 2 is 1.72 bits per heavy atom. The quantitative estimate of drug-likeness (QED) is 0.394. The second-order valence-corrected chi connectivity index (χ2v) is 6.13. The van der Waals surface area contributed by atoms with Gasteiger partial charge in [-0.2, -0.15) is 0 Å². The summed E-state index contributed by atoms with van der Waals surface area (Å²) in [5.74, 6) is 0.200. The van der Waals surface area contributed by atoms with Crippen molar-refractivity contribution in [2.75, 3.05) is 25.5 Å². The van der Waals surface area contributed by atoms with E-state index in [0.29, 0.717) is 12.5 Å². The van der Waals surface area contributed by atoms with Gasteiger partial charge in [0.15, 0.2) is 5.96 Å². The number of benzene rings is 2. The van der Waals surface area contributed by atoms with E-state index in [1.165, 1.54) is 23.3 Å². The molecule has 4 nitrogen and oxygen atoms in total. The van der Waals surface area contributed by atoms with Crippen LogP contribution in [0.1, 0.15) is 16.7 Å². The van der Waals surface area contributed by atoms with E-state index in [4.69, 9.17) is 5.73 Å². The molecule has 6 heteroatoms. The van der Waals surface area contributed by atoms with Gasteiger partial charge in [0, 0.05) is 18.8 Å². The molecule has 2 aromatic carbocycles. The largest absolute Gasteiger partial charge is 0.370 e. The zero-order valence-corrected chi connectivity index (χ0v) is 17.3. The van der Waals surface area contributed by atoms with Gasteiger partial charge in [-0.3, -0.25) is 4.99 Å². The number of nitrogens with one attached hydrogen (secondary N) is 1. The van der Waals surface area contributed by atoms with E-state index in [0.717, 1.165) is 24.3 Å². The summed E-state index contributed by atoms with van der Waals surface area (Å²) in [5.41, 5.74) is 10.3. The van der Waals surface area contributed by atoms with E-state index < -0.39 is 0 Å². The Morgan fingerprint density at radius 3 is 2.32 bits per heavy atom. The molecule has 0 aliphatic rings. The van der Waals surface area contributed by atoms with E-state index in [1.807, 2.05) is 19.2 Å². The molecule has 3 N–H and O–H groups in total. The predicted molar refractivity (Wildman–Crippen MR) is 114 cm³/mol. The zero-order valence-electron chi connectivity index (χ0n) is 14.9. The van der Waals surface area contributed by atoms with Crippen molar-refractivity contribution in [1.29, 1.82) is 0 Å². The van der Waals surface area contributed by atoms with Crippen LogP contribution in [0, 0.1) is 19.7 Å². The molecule has 25 heavy (non-hydrogen) atoms. The average Bonchev–Trinajstić information content (AvgIpc) is 2.48. The fourth-order valence-electron chi connectivity index (χ4n) is 2.56. The Balaban J connectivity index is 0.00000312. The number of aryl methyl sites for hydroxylation is 2. The highest BCUT2D eigenvalue weighted by atomic mass is 127. The van der Waals surface area contributed by atoms with Gasteiger partial charge in [-0.25, -0.2) is 4.39 Å². The first-order valence-corrected chi connectivity index (χ1v) is 8.00. The molecule has 0 saturated carbocycles. The van der Waals surface area contributed by atoms with Crippen LogP contribution in [0.5, 0.6) is 0 Å². The maximum absolute atomic E-state index is 12.9.